The molecule has 0 aliphatic rings. The topological polar surface area (TPSA) is 57.5 Å². The van der Waals surface area contributed by atoms with Crippen LogP contribution in [0.5, 0.6) is 0 Å². The lowest BCUT2D eigenvalue weighted by Crippen LogP contribution is -2.03. The van der Waals surface area contributed by atoms with Gasteiger partial charge < -0.3 is 10.2 Å². The number of allylic oxidation sites excluding steroid dienone is 1. The number of carboxylic acid groups (broad SMARTS) is 1. The van der Waals surface area contributed by atoms with Gasteiger partial charge in [0.15, 0.2) is 0 Å². The highest BCUT2D eigenvalue weighted by molar-refractivity contribution is 5.84. The third-order valence-corrected chi connectivity index (χ3v) is 1.92. The van der Waals surface area contributed by atoms with Crippen LogP contribution >= 0.6 is 0 Å². The molecule has 74 valence electrons. The van der Waals surface area contributed by atoms with E-state index < -0.39 is 11.7 Å². The highest BCUT2D eigenvalue weighted by atomic mass is 16.4. The maximum Gasteiger partial charge on any atom is 0.370 e. The van der Waals surface area contributed by atoms with Gasteiger partial charge in [0.2, 0.25) is 5.76 Å². The molecule has 3 heteroatoms. The number of hydrogen-bond donors (Lipinski definition) is 2. The van der Waals surface area contributed by atoms with Crippen molar-refractivity contribution in [3.8, 4) is 0 Å². The second kappa shape index (κ2) is 4.46. The molecule has 0 amide bonds. The molecule has 0 atom stereocenters. The summed E-state index contributed by atoms with van der Waals surface area (Å²) in [6.07, 6.45) is 0.457. The van der Waals surface area contributed by atoms with Crippen molar-refractivity contribution in [1.82, 2.24) is 0 Å². The zero-order valence-electron chi connectivity index (χ0n) is 7.90. The molecule has 1 aromatic rings. The Morgan fingerprint density at radius 3 is 2.29 bits per heavy atom. The highest BCUT2D eigenvalue weighted by Gasteiger charge is 2.08. The van der Waals surface area contributed by atoms with Crippen LogP contribution in [0.3, 0.4) is 0 Å². The van der Waals surface area contributed by atoms with Gasteiger partial charge in [-0.05, 0) is 24.5 Å². The van der Waals surface area contributed by atoms with Crippen LogP contribution in [-0.2, 0) is 11.2 Å². The van der Waals surface area contributed by atoms with E-state index in [0.29, 0.717) is 12.0 Å². The van der Waals surface area contributed by atoms with Crippen molar-refractivity contribution in [2.24, 2.45) is 0 Å². The number of aliphatic hydroxyl groups is 1. The molecule has 1 rings (SSSR count). The predicted molar refractivity (Wildman–Crippen MR) is 53.1 cm³/mol. The van der Waals surface area contributed by atoms with E-state index >= 15 is 0 Å². The molecule has 0 aromatic heterocycles. The molecule has 2 N–H and O–H groups in total. The van der Waals surface area contributed by atoms with Gasteiger partial charge in [-0.3, -0.25) is 0 Å². The first-order valence-electron chi connectivity index (χ1n) is 4.27. The van der Waals surface area contributed by atoms with Crippen LogP contribution in [-0.4, -0.2) is 16.2 Å². The first kappa shape index (κ1) is 10.3. The van der Waals surface area contributed by atoms with Gasteiger partial charge in [-0.2, -0.15) is 0 Å². The van der Waals surface area contributed by atoms with Crippen LogP contribution in [0.2, 0.25) is 0 Å². The minimum atomic E-state index is -1.28. The molecule has 0 unspecified atom stereocenters. The van der Waals surface area contributed by atoms with Crippen molar-refractivity contribution in [2.45, 2.75) is 13.3 Å². The Labute approximate surface area is 82.3 Å². The number of aliphatic hydroxyl groups excluding tert-OH is 1. The van der Waals surface area contributed by atoms with E-state index in [1.807, 2.05) is 30.3 Å². The molecule has 0 bridgehead atoms. The summed E-state index contributed by atoms with van der Waals surface area (Å²) in [4.78, 5) is 10.4. The first-order chi connectivity index (χ1) is 6.61. The zero-order chi connectivity index (χ0) is 10.6. The van der Waals surface area contributed by atoms with E-state index in [4.69, 9.17) is 10.2 Å². The Hall–Kier alpha value is -1.77. The average Bonchev–Trinajstić information content (AvgIpc) is 2.18. The number of aliphatic carboxylic acids is 1. The molecule has 0 saturated carbocycles. The minimum absolute atomic E-state index is 0.457. The molecule has 0 radical (unpaired) electrons. The molecule has 1 aromatic carbocycles. The highest BCUT2D eigenvalue weighted by Crippen LogP contribution is 2.10. The Morgan fingerprint density at radius 1 is 1.21 bits per heavy atom. The molecular formula is C11H12O3. The fourth-order valence-corrected chi connectivity index (χ4v) is 1.17. The Bertz CT molecular complexity index is 352. The Morgan fingerprint density at radius 2 is 1.79 bits per heavy atom. The lowest BCUT2D eigenvalue weighted by atomic mass is 10.1. The Kier molecular flexibility index (Phi) is 3.29. The van der Waals surface area contributed by atoms with Gasteiger partial charge in [0, 0.05) is 0 Å². The lowest BCUT2D eigenvalue weighted by Gasteiger charge is -2.02. The van der Waals surface area contributed by atoms with Crippen molar-refractivity contribution in [2.75, 3.05) is 0 Å². The molecular weight excluding hydrogens is 180 g/mol. The Balaban J connectivity index is 2.80. The summed E-state index contributed by atoms with van der Waals surface area (Å²) >= 11 is 0. The third-order valence-electron chi connectivity index (χ3n) is 1.92. The van der Waals surface area contributed by atoms with Gasteiger partial charge >= 0.3 is 5.97 Å². The molecule has 0 aliphatic heterocycles. The largest absolute Gasteiger partial charge is 0.502 e. The third kappa shape index (κ3) is 2.62. The van der Waals surface area contributed by atoms with Crippen molar-refractivity contribution in [3.05, 3.63) is 47.2 Å². The van der Waals surface area contributed by atoms with Crippen LogP contribution in [0.15, 0.2) is 41.7 Å². The summed E-state index contributed by atoms with van der Waals surface area (Å²) in [5, 5.41) is 17.7. The van der Waals surface area contributed by atoms with E-state index in [1.54, 1.807) is 6.92 Å². The quantitative estimate of drug-likeness (QED) is 0.569. The van der Waals surface area contributed by atoms with E-state index in [1.165, 1.54) is 0 Å². The van der Waals surface area contributed by atoms with Crippen molar-refractivity contribution >= 4 is 5.97 Å². The standard InChI is InChI=1S/C11H12O3/c1-8(10(12)11(13)14)7-9-5-3-2-4-6-9/h2-6,12H,7H2,1H3,(H,13,14). The van der Waals surface area contributed by atoms with E-state index in [2.05, 4.69) is 0 Å². The summed E-state index contributed by atoms with van der Waals surface area (Å²) < 4.78 is 0. The van der Waals surface area contributed by atoms with E-state index in [9.17, 15) is 4.79 Å². The maximum atomic E-state index is 10.4. The van der Waals surface area contributed by atoms with Crippen LogP contribution in [0.4, 0.5) is 0 Å². The van der Waals surface area contributed by atoms with E-state index in [0.717, 1.165) is 5.56 Å². The molecule has 0 spiro atoms. The van der Waals surface area contributed by atoms with Gasteiger partial charge in [-0.15, -0.1) is 0 Å². The predicted octanol–water partition coefficient (Wildman–Crippen LogP) is 2.15. The summed E-state index contributed by atoms with van der Waals surface area (Å²) in [6.45, 7) is 1.61. The van der Waals surface area contributed by atoms with Gasteiger partial charge in [-0.1, -0.05) is 30.3 Å². The maximum absolute atomic E-state index is 10.4. The normalized spacial score (nSPS) is 12.1. The lowest BCUT2D eigenvalue weighted by molar-refractivity contribution is -0.135. The van der Waals surface area contributed by atoms with Gasteiger partial charge in [0.1, 0.15) is 0 Å². The fraction of sp³-hybridized carbons (Fsp3) is 0.182. The monoisotopic (exact) mass is 192 g/mol. The number of carboxylic acids is 1. The molecule has 3 nitrogen and oxygen atoms in total. The van der Waals surface area contributed by atoms with Crippen LogP contribution in [0.25, 0.3) is 0 Å². The molecule has 0 heterocycles. The summed E-state index contributed by atoms with van der Waals surface area (Å²) in [7, 11) is 0. The van der Waals surface area contributed by atoms with Crippen molar-refractivity contribution < 1.29 is 15.0 Å². The SMILES string of the molecule is CC(Cc1ccccc1)=C(O)C(=O)O. The first-order valence-corrected chi connectivity index (χ1v) is 4.27. The zero-order valence-corrected chi connectivity index (χ0v) is 7.90. The summed E-state index contributed by atoms with van der Waals surface area (Å²) in [6, 6.07) is 9.41. The van der Waals surface area contributed by atoms with E-state index in [-0.39, 0.29) is 0 Å². The second-order valence-electron chi connectivity index (χ2n) is 3.10. The summed E-state index contributed by atoms with van der Waals surface area (Å²) in [5.41, 5.74) is 1.45. The number of rotatable bonds is 3. The second-order valence-corrected chi connectivity index (χ2v) is 3.10. The van der Waals surface area contributed by atoms with Gasteiger partial charge in [0.05, 0.1) is 0 Å². The number of benzene rings is 1. The number of carbonyl (C=O) groups is 1. The smallest absolute Gasteiger partial charge is 0.370 e. The van der Waals surface area contributed by atoms with Crippen LogP contribution in [0.1, 0.15) is 12.5 Å². The minimum Gasteiger partial charge on any atom is -0.502 e. The average molecular weight is 192 g/mol. The van der Waals surface area contributed by atoms with Crippen LogP contribution < -0.4 is 0 Å². The summed E-state index contributed by atoms with van der Waals surface area (Å²) in [5.74, 6) is -1.84. The van der Waals surface area contributed by atoms with Crippen LogP contribution in [0, 0.1) is 0 Å². The van der Waals surface area contributed by atoms with Crippen molar-refractivity contribution in [1.29, 1.82) is 0 Å². The van der Waals surface area contributed by atoms with Crippen molar-refractivity contribution in [3.63, 3.8) is 0 Å². The number of hydrogen-bond acceptors (Lipinski definition) is 2. The molecule has 0 saturated heterocycles. The van der Waals surface area contributed by atoms with Gasteiger partial charge in [0.25, 0.3) is 0 Å². The van der Waals surface area contributed by atoms with Gasteiger partial charge in [-0.25, -0.2) is 4.79 Å². The molecule has 0 fully saturated rings. The molecule has 0 aliphatic carbocycles. The fourth-order valence-electron chi connectivity index (χ4n) is 1.17. The molecule has 14 heavy (non-hydrogen) atoms.